The van der Waals surface area contributed by atoms with Gasteiger partial charge in [0.1, 0.15) is 5.56 Å². The first-order valence-electron chi connectivity index (χ1n) is 5.83. The van der Waals surface area contributed by atoms with Gasteiger partial charge in [-0.3, -0.25) is 10.1 Å². The Labute approximate surface area is 109 Å². The van der Waals surface area contributed by atoms with E-state index >= 15 is 0 Å². The van der Waals surface area contributed by atoms with Crippen LogP contribution in [0.4, 0.5) is 11.4 Å². The molecule has 0 N–H and O–H groups in total. The molecular formula is C12H14N2O5. The van der Waals surface area contributed by atoms with Crippen molar-refractivity contribution in [2.75, 3.05) is 38.3 Å². The molecule has 1 fully saturated rings. The van der Waals surface area contributed by atoms with E-state index in [0.29, 0.717) is 32.0 Å². The molecule has 0 amide bonds. The van der Waals surface area contributed by atoms with Gasteiger partial charge in [-0.1, -0.05) is 0 Å². The van der Waals surface area contributed by atoms with Gasteiger partial charge in [-0.2, -0.15) is 0 Å². The molecule has 1 saturated heterocycles. The van der Waals surface area contributed by atoms with Crippen LogP contribution in [0.1, 0.15) is 10.4 Å². The van der Waals surface area contributed by atoms with E-state index in [2.05, 4.69) is 4.74 Å². The Kier molecular flexibility index (Phi) is 3.96. The minimum Gasteiger partial charge on any atom is -0.465 e. The summed E-state index contributed by atoms with van der Waals surface area (Å²) in [5.41, 5.74) is 0.433. The smallest absolute Gasteiger partial charge is 0.344 e. The number of carbonyl (C=O) groups is 1. The average Bonchev–Trinajstić information content (AvgIpc) is 2.46. The minimum atomic E-state index is -0.708. The topological polar surface area (TPSA) is 81.9 Å². The second-order valence-corrected chi connectivity index (χ2v) is 4.05. The summed E-state index contributed by atoms with van der Waals surface area (Å²) in [5, 5.41) is 11.0. The van der Waals surface area contributed by atoms with Gasteiger partial charge in [-0.05, 0) is 12.1 Å². The van der Waals surface area contributed by atoms with Gasteiger partial charge in [0, 0.05) is 24.8 Å². The highest BCUT2D eigenvalue weighted by molar-refractivity contribution is 5.94. The van der Waals surface area contributed by atoms with E-state index in [1.165, 1.54) is 19.2 Å². The van der Waals surface area contributed by atoms with Gasteiger partial charge in [0.05, 0.1) is 25.2 Å². The van der Waals surface area contributed by atoms with Gasteiger partial charge in [0.2, 0.25) is 0 Å². The van der Waals surface area contributed by atoms with Crippen LogP contribution in [-0.4, -0.2) is 44.3 Å². The summed E-state index contributed by atoms with van der Waals surface area (Å²) < 4.78 is 9.76. The second kappa shape index (κ2) is 5.66. The first-order chi connectivity index (χ1) is 9.13. The summed E-state index contributed by atoms with van der Waals surface area (Å²) in [6.07, 6.45) is 0. The Hall–Kier alpha value is -2.15. The third-order valence-electron chi connectivity index (χ3n) is 2.96. The van der Waals surface area contributed by atoms with Crippen LogP contribution >= 0.6 is 0 Å². The van der Waals surface area contributed by atoms with Crippen LogP contribution in [0.3, 0.4) is 0 Å². The van der Waals surface area contributed by atoms with Crippen molar-refractivity contribution >= 4 is 17.3 Å². The van der Waals surface area contributed by atoms with Gasteiger partial charge in [-0.25, -0.2) is 4.79 Å². The highest BCUT2D eigenvalue weighted by Gasteiger charge is 2.23. The van der Waals surface area contributed by atoms with Gasteiger partial charge < -0.3 is 14.4 Å². The number of nitro benzene ring substituents is 1. The highest BCUT2D eigenvalue weighted by atomic mass is 16.6. The Balaban J connectivity index is 2.35. The van der Waals surface area contributed by atoms with Gasteiger partial charge in [0.15, 0.2) is 0 Å². The predicted octanol–water partition coefficient (Wildman–Crippen LogP) is 1.22. The molecule has 0 aromatic heterocycles. The Morgan fingerprint density at radius 3 is 2.68 bits per heavy atom. The third kappa shape index (κ3) is 2.82. The normalized spacial score (nSPS) is 15.1. The molecule has 0 saturated carbocycles. The number of nitrogens with zero attached hydrogens (tertiary/aromatic N) is 2. The van der Waals surface area contributed by atoms with Crippen LogP contribution in [0, 0.1) is 10.1 Å². The first-order valence-corrected chi connectivity index (χ1v) is 5.83. The van der Waals surface area contributed by atoms with Gasteiger partial charge in [0.25, 0.3) is 5.69 Å². The van der Waals surface area contributed by atoms with Crippen LogP contribution in [0.2, 0.25) is 0 Å². The van der Waals surface area contributed by atoms with E-state index in [9.17, 15) is 14.9 Å². The van der Waals surface area contributed by atoms with E-state index in [1.807, 2.05) is 4.90 Å². The van der Waals surface area contributed by atoms with Crippen molar-refractivity contribution in [1.82, 2.24) is 0 Å². The largest absolute Gasteiger partial charge is 0.465 e. The molecule has 19 heavy (non-hydrogen) atoms. The Morgan fingerprint density at radius 1 is 1.42 bits per heavy atom. The van der Waals surface area contributed by atoms with E-state index < -0.39 is 10.9 Å². The van der Waals surface area contributed by atoms with Crippen molar-refractivity contribution < 1.29 is 19.2 Å². The van der Waals surface area contributed by atoms with E-state index in [-0.39, 0.29) is 11.3 Å². The maximum absolute atomic E-state index is 11.5. The summed E-state index contributed by atoms with van der Waals surface area (Å²) in [6.45, 7) is 2.53. The van der Waals surface area contributed by atoms with Crippen molar-refractivity contribution in [2.45, 2.75) is 0 Å². The van der Waals surface area contributed by atoms with Crippen molar-refractivity contribution in [3.05, 3.63) is 33.9 Å². The zero-order valence-corrected chi connectivity index (χ0v) is 10.5. The molecule has 1 aromatic carbocycles. The molecule has 2 rings (SSSR count). The summed E-state index contributed by atoms with van der Waals surface area (Å²) >= 11 is 0. The Bertz CT molecular complexity index is 497. The molecule has 0 radical (unpaired) electrons. The number of carbonyl (C=O) groups excluding carboxylic acids is 1. The highest BCUT2D eigenvalue weighted by Crippen LogP contribution is 2.26. The fourth-order valence-electron chi connectivity index (χ4n) is 1.97. The fourth-order valence-corrected chi connectivity index (χ4v) is 1.97. The summed E-state index contributed by atoms with van der Waals surface area (Å²) in [7, 11) is 1.20. The van der Waals surface area contributed by atoms with Crippen molar-refractivity contribution in [2.24, 2.45) is 0 Å². The van der Waals surface area contributed by atoms with Crippen LogP contribution in [0.25, 0.3) is 0 Å². The summed E-state index contributed by atoms with van der Waals surface area (Å²) in [6, 6.07) is 4.51. The van der Waals surface area contributed by atoms with Crippen molar-refractivity contribution in [3.63, 3.8) is 0 Å². The number of morpholine rings is 1. The van der Waals surface area contributed by atoms with Crippen molar-refractivity contribution in [1.29, 1.82) is 0 Å². The lowest BCUT2D eigenvalue weighted by Crippen LogP contribution is -2.36. The fraction of sp³-hybridized carbons (Fsp3) is 0.417. The van der Waals surface area contributed by atoms with E-state index in [1.54, 1.807) is 6.07 Å². The van der Waals surface area contributed by atoms with Gasteiger partial charge in [-0.15, -0.1) is 0 Å². The molecule has 7 nitrogen and oxygen atoms in total. The number of anilines is 1. The molecule has 0 aliphatic carbocycles. The standard InChI is InChI=1S/C12H14N2O5/c1-18-12(15)10-3-2-9(8-11(10)14(16)17)13-4-6-19-7-5-13/h2-3,8H,4-7H2,1H3. The lowest BCUT2D eigenvalue weighted by atomic mass is 10.1. The average molecular weight is 266 g/mol. The van der Waals surface area contributed by atoms with Crippen LogP contribution in [0.15, 0.2) is 18.2 Å². The molecule has 1 aliphatic heterocycles. The van der Waals surface area contributed by atoms with Crippen molar-refractivity contribution in [3.8, 4) is 0 Å². The molecule has 1 heterocycles. The molecule has 0 atom stereocenters. The number of nitro groups is 1. The predicted molar refractivity (Wildman–Crippen MR) is 67.5 cm³/mol. The number of rotatable bonds is 3. The molecule has 1 aliphatic rings. The third-order valence-corrected chi connectivity index (χ3v) is 2.96. The molecule has 102 valence electrons. The molecule has 0 bridgehead atoms. The van der Waals surface area contributed by atoms with E-state index in [0.717, 1.165) is 0 Å². The quantitative estimate of drug-likeness (QED) is 0.464. The van der Waals surface area contributed by atoms with Gasteiger partial charge >= 0.3 is 5.97 Å². The SMILES string of the molecule is COC(=O)c1ccc(N2CCOCC2)cc1[N+](=O)[O-]. The number of benzene rings is 1. The number of ether oxygens (including phenoxy) is 2. The number of hydrogen-bond acceptors (Lipinski definition) is 6. The molecule has 7 heteroatoms. The maximum Gasteiger partial charge on any atom is 0.344 e. The first kappa shape index (κ1) is 13.3. The number of methoxy groups -OCH3 is 1. The maximum atomic E-state index is 11.5. The van der Waals surface area contributed by atoms with Crippen LogP contribution < -0.4 is 4.90 Å². The summed E-state index contributed by atoms with van der Waals surface area (Å²) in [4.78, 5) is 23.9. The molecular weight excluding hydrogens is 252 g/mol. The number of esters is 1. The monoisotopic (exact) mass is 266 g/mol. The van der Waals surface area contributed by atoms with Crippen LogP contribution in [-0.2, 0) is 9.47 Å². The lowest BCUT2D eigenvalue weighted by Gasteiger charge is -2.28. The molecule has 0 unspecified atom stereocenters. The lowest BCUT2D eigenvalue weighted by molar-refractivity contribution is -0.385. The van der Waals surface area contributed by atoms with E-state index in [4.69, 9.17) is 4.74 Å². The molecule has 1 aromatic rings. The number of hydrogen-bond donors (Lipinski definition) is 0. The zero-order chi connectivity index (χ0) is 13.8. The molecule has 0 spiro atoms. The van der Waals surface area contributed by atoms with Crippen LogP contribution in [0.5, 0.6) is 0 Å². The summed E-state index contributed by atoms with van der Waals surface area (Å²) in [5.74, 6) is -0.708. The Morgan fingerprint density at radius 2 is 2.11 bits per heavy atom. The zero-order valence-electron chi connectivity index (χ0n) is 10.5. The second-order valence-electron chi connectivity index (χ2n) is 4.05. The minimum absolute atomic E-state index is 0.0375.